The highest BCUT2D eigenvalue weighted by Gasteiger charge is 2.11. The molecule has 10 nitrogen and oxygen atoms in total. The summed E-state index contributed by atoms with van der Waals surface area (Å²) in [5.74, 6) is 1.13. The summed E-state index contributed by atoms with van der Waals surface area (Å²) in [6, 6.07) is 6.43. The minimum absolute atomic E-state index is 0.107. The van der Waals surface area contributed by atoms with Gasteiger partial charge in [-0.2, -0.15) is 0 Å². The molecule has 0 aromatic carbocycles. The first-order chi connectivity index (χ1) is 12.6. The Morgan fingerprint density at radius 3 is 2.96 bits per heavy atom. The first-order valence-corrected chi connectivity index (χ1v) is 9.21. The predicted molar refractivity (Wildman–Crippen MR) is 96.7 cm³/mol. The zero-order valence-corrected chi connectivity index (χ0v) is 14.8. The molecule has 0 unspecified atom stereocenters. The van der Waals surface area contributed by atoms with E-state index in [0.717, 1.165) is 11.8 Å². The summed E-state index contributed by atoms with van der Waals surface area (Å²) in [4.78, 5) is 33.7. The van der Waals surface area contributed by atoms with Crippen molar-refractivity contribution >= 4 is 41.1 Å². The summed E-state index contributed by atoms with van der Waals surface area (Å²) < 4.78 is 5.44. The molecule has 3 rings (SSSR count). The second-order valence-electron chi connectivity index (χ2n) is 4.78. The SMILES string of the molecule is Nc1cc(=O)[nH]c(SCc2nnc(SCC(=O)Nc3ccccn3)o2)n1. The molecular weight excluding hydrogens is 378 g/mol. The second kappa shape index (κ2) is 8.49. The number of nitrogens with one attached hydrogen (secondary N) is 2. The number of nitrogen functional groups attached to an aromatic ring is 1. The number of hydrogen-bond donors (Lipinski definition) is 3. The van der Waals surface area contributed by atoms with Gasteiger partial charge < -0.3 is 20.5 Å². The highest BCUT2D eigenvalue weighted by atomic mass is 32.2. The van der Waals surface area contributed by atoms with Crippen molar-refractivity contribution in [3.05, 3.63) is 46.7 Å². The minimum Gasteiger partial charge on any atom is -0.415 e. The van der Waals surface area contributed by atoms with Gasteiger partial charge in [-0.1, -0.05) is 29.6 Å². The largest absolute Gasteiger partial charge is 0.415 e. The van der Waals surface area contributed by atoms with Gasteiger partial charge in [-0.15, -0.1) is 10.2 Å². The predicted octanol–water partition coefficient (Wildman–Crippen LogP) is 1.15. The van der Waals surface area contributed by atoms with Crippen molar-refractivity contribution in [1.29, 1.82) is 0 Å². The average Bonchev–Trinajstić information content (AvgIpc) is 3.06. The van der Waals surface area contributed by atoms with Crippen LogP contribution in [0.2, 0.25) is 0 Å². The minimum atomic E-state index is -0.333. The highest BCUT2D eigenvalue weighted by Crippen LogP contribution is 2.21. The summed E-state index contributed by atoms with van der Waals surface area (Å²) in [6.45, 7) is 0. The molecule has 0 spiro atoms. The lowest BCUT2D eigenvalue weighted by atomic mass is 10.4. The van der Waals surface area contributed by atoms with Crippen LogP contribution < -0.4 is 16.6 Å². The molecular formula is C14H13N7O3S2. The topological polar surface area (TPSA) is 153 Å². The zero-order chi connectivity index (χ0) is 18.4. The second-order valence-corrected chi connectivity index (χ2v) is 6.67. The molecule has 0 saturated heterocycles. The van der Waals surface area contributed by atoms with E-state index < -0.39 is 0 Å². The fourth-order valence-corrected chi connectivity index (χ4v) is 3.05. The van der Waals surface area contributed by atoms with Crippen LogP contribution in [0.1, 0.15) is 5.89 Å². The molecule has 26 heavy (non-hydrogen) atoms. The lowest BCUT2D eigenvalue weighted by molar-refractivity contribution is -0.113. The van der Waals surface area contributed by atoms with Gasteiger partial charge >= 0.3 is 0 Å². The molecule has 0 fully saturated rings. The van der Waals surface area contributed by atoms with Crippen LogP contribution in [-0.2, 0) is 10.5 Å². The van der Waals surface area contributed by atoms with Crippen molar-refractivity contribution in [2.24, 2.45) is 0 Å². The third kappa shape index (κ3) is 5.32. The van der Waals surface area contributed by atoms with Crippen molar-refractivity contribution in [3.8, 4) is 0 Å². The van der Waals surface area contributed by atoms with E-state index in [-0.39, 0.29) is 28.3 Å². The van der Waals surface area contributed by atoms with E-state index >= 15 is 0 Å². The molecule has 1 amide bonds. The number of H-pyrrole nitrogens is 1. The molecule has 0 atom stereocenters. The van der Waals surface area contributed by atoms with Crippen molar-refractivity contribution in [3.63, 3.8) is 0 Å². The normalized spacial score (nSPS) is 10.6. The van der Waals surface area contributed by atoms with Crippen LogP contribution in [0, 0.1) is 0 Å². The Hall–Kier alpha value is -2.86. The first kappa shape index (κ1) is 17.9. The van der Waals surface area contributed by atoms with Crippen LogP contribution in [0.3, 0.4) is 0 Å². The number of carbonyl (C=O) groups is 1. The Morgan fingerprint density at radius 1 is 1.31 bits per heavy atom. The Labute approximate surface area is 155 Å². The van der Waals surface area contributed by atoms with Gasteiger partial charge in [0, 0.05) is 12.3 Å². The maximum absolute atomic E-state index is 11.8. The lowest BCUT2D eigenvalue weighted by Crippen LogP contribution is -2.14. The standard InChI is InChI=1S/C14H13N7O3S2/c15-8-5-10(22)19-13(17-8)25-7-12-20-21-14(24-12)26-6-11(23)18-9-3-1-2-4-16-9/h1-5H,6-7H2,(H,16,18,23)(H3,15,17,19,22). The van der Waals surface area contributed by atoms with Crippen LogP contribution in [0.4, 0.5) is 11.6 Å². The molecule has 0 radical (unpaired) electrons. The summed E-state index contributed by atoms with van der Waals surface area (Å²) in [6.07, 6.45) is 1.59. The van der Waals surface area contributed by atoms with Gasteiger partial charge in [0.2, 0.25) is 11.8 Å². The number of nitrogens with zero attached hydrogens (tertiary/aromatic N) is 4. The van der Waals surface area contributed by atoms with Gasteiger partial charge in [0.1, 0.15) is 11.6 Å². The Kier molecular flexibility index (Phi) is 5.86. The molecule has 4 N–H and O–H groups in total. The van der Waals surface area contributed by atoms with E-state index in [4.69, 9.17) is 10.2 Å². The van der Waals surface area contributed by atoms with Gasteiger partial charge in [0.05, 0.1) is 11.5 Å². The average molecular weight is 391 g/mol. The van der Waals surface area contributed by atoms with Crippen LogP contribution in [-0.4, -0.2) is 36.8 Å². The van der Waals surface area contributed by atoms with Gasteiger partial charge in [-0.25, -0.2) is 9.97 Å². The molecule has 0 aliphatic rings. The van der Waals surface area contributed by atoms with Gasteiger partial charge in [-0.3, -0.25) is 9.59 Å². The number of rotatable bonds is 7. The van der Waals surface area contributed by atoms with Gasteiger partial charge in [-0.05, 0) is 12.1 Å². The molecule has 134 valence electrons. The molecule has 3 aromatic rings. The Balaban J connectivity index is 1.48. The van der Waals surface area contributed by atoms with E-state index in [2.05, 4.69) is 30.5 Å². The van der Waals surface area contributed by atoms with E-state index in [1.54, 1.807) is 24.4 Å². The van der Waals surface area contributed by atoms with Gasteiger partial charge in [0.15, 0.2) is 5.16 Å². The van der Waals surface area contributed by atoms with E-state index in [1.807, 2.05) is 0 Å². The number of anilines is 2. The van der Waals surface area contributed by atoms with Crippen LogP contribution in [0.15, 0.2) is 50.1 Å². The van der Waals surface area contributed by atoms with Crippen molar-refractivity contribution in [2.75, 3.05) is 16.8 Å². The molecule has 3 aromatic heterocycles. The number of aromatic nitrogens is 5. The summed E-state index contributed by atoms with van der Waals surface area (Å²) in [7, 11) is 0. The van der Waals surface area contributed by atoms with Gasteiger partial charge in [0.25, 0.3) is 10.8 Å². The number of hydrogen-bond acceptors (Lipinski definition) is 10. The van der Waals surface area contributed by atoms with Crippen molar-refractivity contribution in [2.45, 2.75) is 16.1 Å². The fraction of sp³-hybridized carbons (Fsp3) is 0.143. The molecule has 0 bridgehead atoms. The lowest BCUT2D eigenvalue weighted by Gasteiger charge is -2.01. The number of nitrogens with two attached hydrogens (primary N) is 1. The third-order valence-electron chi connectivity index (χ3n) is 2.78. The number of carbonyl (C=O) groups excluding carboxylic acids is 1. The highest BCUT2D eigenvalue weighted by molar-refractivity contribution is 7.99. The van der Waals surface area contributed by atoms with Crippen LogP contribution in [0.5, 0.6) is 0 Å². The Bertz CT molecular complexity index is 945. The molecule has 12 heteroatoms. The number of amides is 1. The van der Waals surface area contributed by atoms with E-state index in [0.29, 0.717) is 22.6 Å². The van der Waals surface area contributed by atoms with E-state index in [9.17, 15) is 9.59 Å². The van der Waals surface area contributed by atoms with Crippen LogP contribution in [0.25, 0.3) is 0 Å². The summed E-state index contributed by atoms with van der Waals surface area (Å²) in [5, 5.41) is 11.0. The van der Waals surface area contributed by atoms with E-state index in [1.165, 1.54) is 17.8 Å². The Morgan fingerprint density at radius 2 is 2.19 bits per heavy atom. The molecule has 0 saturated carbocycles. The number of pyridine rings is 1. The number of aromatic amines is 1. The monoisotopic (exact) mass is 391 g/mol. The molecule has 3 heterocycles. The van der Waals surface area contributed by atoms with Crippen molar-refractivity contribution in [1.82, 2.24) is 25.1 Å². The molecule has 0 aliphatic carbocycles. The van der Waals surface area contributed by atoms with Crippen molar-refractivity contribution < 1.29 is 9.21 Å². The third-order valence-corrected chi connectivity index (χ3v) is 4.46. The van der Waals surface area contributed by atoms with Crippen LogP contribution >= 0.6 is 23.5 Å². The summed E-state index contributed by atoms with van der Waals surface area (Å²) >= 11 is 2.31. The zero-order valence-electron chi connectivity index (χ0n) is 13.2. The number of thioether (sulfide) groups is 2. The quantitative estimate of drug-likeness (QED) is 0.395. The smallest absolute Gasteiger partial charge is 0.277 e. The maximum atomic E-state index is 11.8. The maximum Gasteiger partial charge on any atom is 0.277 e. The molecule has 0 aliphatic heterocycles. The fourth-order valence-electron chi connectivity index (χ4n) is 1.75. The first-order valence-electron chi connectivity index (χ1n) is 7.24. The summed E-state index contributed by atoms with van der Waals surface area (Å²) in [5.41, 5.74) is 5.18.